The number of nitrogens with one attached hydrogen (secondary N) is 1. The number of esters is 1. The molecule has 0 spiro atoms. The number of rotatable bonds is 6. The summed E-state index contributed by atoms with van der Waals surface area (Å²) in [6.45, 7) is 4.59. The van der Waals surface area contributed by atoms with E-state index in [0.717, 1.165) is 6.07 Å². The van der Waals surface area contributed by atoms with E-state index in [0.29, 0.717) is 11.8 Å². The van der Waals surface area contributed by atoms with Crippen LogP contribution in [0.5, 0.6) is 0 Å². The molecule has 0 radical (unpaired) electrons. The minimum Gasteiger partial charge on any atom is -0.462 e. The van der Waals surface area contributed by atoms with Gasteiger partial charge >= 0.3 is 5.97 Å². The molecule has 1 rings (SSSR count). The first-order valence-electron chi connectivity index (χ1n) is 6.02. The SMILES string of the molecule is CCOC(=O)c1cc(NCC(C)SC)c(F)cc1N. The van der Waals surface area contributed by atoms with Gasteiger partial charge in [0.05, 0.1) is 17.9 Å². The van der Waals surface area contributed by atoms with Gasteiger partial charge in [0, 0.05) is 17.5 Å². The maximum atomic E-state index is 13.7. The molecule has 3 N–H and O–H groups in total. The van der Waals surface area contributed by atoms with Crippen molar-refractivity contribution in [1.29, 1.82) is 0 Å². The van der Waals surface area contributed by atoms with Gasteiger partial charge in [0.15, 0.2) is 0 Å². The lowest BCUT2D eigenvalue weighted by molar-refractivity contribution is 0.0527. The Bertz CT molecular complexity index is 455. The number of nitrogens with two attached hydrogens (primary N) is 1. The van der Waals surface area contributed by atoms with Gasteiger partial charge in [-0.1, -0.05) is 6.92 Å². The van der Waals surface area contributed by atoms with E-state index in [-0.39, 0.29) is 23.5 Å². The van der Waals surface area contributed by atoms with Gasteiger partial charge in [-0.3, -0.25) is 0 Å². The average molecular weight is 286 g/mol. The Hall–Kier alpha value is -1.43. The second-order valence-corrected chi connectivity index (χ2v) is 5.34. The zero-order chi connectivity index (χ0) is 14.4. The highest BCUT2D eigenvalue weighted by molar-refractivity contribution is 7.99. The topological polar surface area (TPSA) is 64.3 Å². The van der Waals surface area contributed by atoms with Crippen LogP contribution in [0.2, 0.25) is 0 Å². The van der Waals surface area contributed by atoms with Crippen LogP contribution in [-0.4, -0.2) is 30.6 Å². The molecule has 1 atom stereocenters. The second kappa shape index (κ2) is 7.23. The zero-order valence-electron chi connectivity index (χ0n) is 11.3. The number of carbonyl (C=O) groups excluding carboxylic acids is 1. The van der Waals surface area contributed by atoms with Crippen molar-refractivity contribution < 1.29 is 13.9 Å². The quantitative estimate of drug-likeness (QED) is 0.622. The lowest BCUT2D eigenvalue weighted by atomic mass is 10.1. The highest BCUT2D eigenvalue weighted by Gasteiger charge is 2.15. The number of hydrogen-bond donors (Lipinski definition) is 2. The molecule has 0 heterocycles. The number of anilines is 2. The predicted octanol–water partition coefficient (Wildman–Crippen LogP) is 2.75. The second-order valence-electron chi connectivity index (χ2n) is 4.07. The van der Waals surface area contributed by atoms with E-state index in [1.165, 1.54) is 6.07 Å². The van der Waals surface area contributed by atoms with Gasteiger partial charge in [0.1, 0.15) is 5.82 Å². The summed E-state index contributed by atoms with van der Waals surface area (Å²) in [5, 5.41) is 3.31. The largest absolute Gasteiger partial charge is 0.462 e. The van der Waals surface area contributed by atoms with Crippen molar-refractivity contribution in [3.8, 4) is 0 Å². The number of halogens is 1. The van der Waals surface area contributed by atoms with Gasteiger partial charge in [0.25, 0.3) is 0 Å². The third-order valence-electron chi connectivity index (χ3n) is 2.62. The average Bonchev–Trinajstić information content (AvgIpc) is 2.37. The monoisotopic (exact) mass is 286 g/mol. The van der Waals surface area contributed by atoms with Gasteiger partial charge < -0.3 is 15.8 Å². The van der Waals surface area contributed by atoms with Gasteiger partial charge in [-0.25, -0.2) is 9.18 Å². The van der Waals surface area contributed by atoms with Crippen LogP contribution in [0.15, 0.2) is 12.1 Å². The summed E-state index contributed by atoms with van der Waals surface area (Å²) < 4.78 is 18.6. The molecular formula is C13H19FN2O2S. The van der Waals surface area contributed by atoms with E-state index in [9.17, 15) is 9.18 Å². The molecular weight excluding hydrogens is 267 g/mol. The molecule has 6 heteroatoms. The van der Waals surface area contributed by atoms with Crippen molar-refractivity contribution in [2.75, 3.05) is 30.5 Å². The lowest BCUT2D eigenvalue weighted by Crippen LogP contribution is -2.15. The summed E-state index contributed by atoms with van der Waals surface area (Å²) in [4.78, 5) is 11.7. The number of ether oxygens (including phenoxy) is 1. The van der Waals surface area contributed by atoms with Crippen molar-refractivity contribution in [3.63, 3.8) is 0 Å². The molecule has 0 fully saturated rings. The highest BCUT2D eigenvalue weighted by atomic mass is 32.2. The van der Waals surface area contributed by atoms with Crippen molar-refractivity contribution in [2.45, 2.75) is 19.1 Å². The van der Waals surface area contributed by atoms with Crippen LogP contribution in [0, 0.1) is 5.82 Å². The number of nitrogen functional groups attached to an aromatic ring is 1. The molecule has 0 aliphatic heterocycles. The van der Waals surface area contributed by atoms with Crippen LogP contribution in [0.25, 0.3) is 0 Å². The van der Waals surface area contributed by atoms with Gasteiger partial charge in [-0.2, -0.15) is 11.8 Å². The van der Waals surface area contributed by atoms with Gasteiger partial charge in [-0.15, -0.1) is 0 Å². The molecule has 4 nitrogen and oxygen atoms in total. The Morgan fingerprint density at radius 2 is 2.26 bits per heavy atom. The van der Waals surface area contributed by atoms with Crippen molar-refractivity contribution in [3.05, 3.63) is 23.5 Å². The number of thioether (sulfide) groups is 1. The molecule has 0 saturated heterocycles. The molecule has 1 aromatic rings. The van der Waals surface area contributed by atoms with Crippen LogP contribution in [-0.2, 0) is 4.74 Å². The fourth-order valence-electron chi connectivity index (χ4n) is 1.45. The van der Waals surface area contributed by atoms with Crippen molar-refractivity contribution in [2.24, 2.45) is 0 Å². The molecule has 0 aliphatic carbocycles. The normalized spacial score (nSPS) is 12.0. The predicted molar refractivity (Wildman–Crippen MR) is 78.2 cm³/mol. The van der Waals surface area contributed by atoms with Crippen LogP contribution >= 0.6 is 11.8 Å². The smallest absolute Gasteiger partial charge is 0.340 e. The standard InChI is InChI=1S/C13H19FN2O2S/c1-4-18-13(17)9-5-12(10(14)6-11(9)15)16-7-8(2)19-3/h5-6,8,16H,4,7,15H2,1-3H3. The Kier molecular flexibility index (Phi) is 5.95. The molecule has 1 aromatic carbocycles. The number of carbonyl (C=O) groups is 1. The molecule has 0 bridgehead atoms. The minimum absolute atomic E-state index is 0.0828. The first-order chi connectivity index (χ1) is 8.99. The van der Waals surface area contributed by atoms with Crippen LogP contribution < -0.4 is 11.1 Å². The first-order valence-corrected chi connectivity index (χ1v) is 7.31. The molecule has 1 unspecified atom stereocenters. The lowest BCUT2D eigenvalue weighted by Gasteiger charge is -2.14. The summed E-state index contributed by atoms with van der Waals surface area (Å²) in [5.74, 6) is -1.01. The van der Waals surface area contributed by atoms with E-state index >= 15 is 0 Å². The Balaban J connectivity index is 2.93. The molecule has 106 valence electrons. The summed E-state index contributed by atoms with van der Waals surface area (Å²) in [7, 11) is 0. The van der Waals surface area contributed by atoms with E-state index in [2.05, 4.69) is 5.32 Å². The maximum absolute atomic E-state index is 13.7. The summed E-state index contributed by atoms with van der Waals surface area (Å²) >= 11 is 1.67. The highest BCUT2D eigenvalue weighted by Crippen LogP contribution is 2.23. The minimum atomic E-state index is -0.541. The van der Waals surface area contributed by atoms with Gasteiger partial charge in [0.2, 0.25) is 0 Å². The van der Waals surface area contributed by atoms with E-state index in [1.54, 1.807) is 18.7 Å². The van der Waals surface area contributed by atoms with Gasteiger partial charge in [-0.05, 0) is 25.3 Å². The molecule has 0 aliphatic rings. The van der Waals surface area contributed by atoms with Crippen LogP contribution in [0.3, 0.4) is 0 Å². The van der Waals surface area contributed by atoms with Crippen molar-refractivity contribution in [1.82, 2.24) is 0 Å². The zero-order valence-corrected chi connectivity index (χ0v) is 12.1. The summed E-state index contributed by atoms with van der Waals surface area (Å²) in [6.07, 6.45) is 1.98. The first kappa shape index (κ1) is 15.6. The summed E-state index contributed by atoms with van der Waals surface area (Å²) in [5.41, 5.74) is 6.16. The summed E-state index contributed by atoms with van der Waals surface area (Å²) in [6, 6.07) is 2.54. The van der Waals surface area contributed by atoms with Crippen LogP contribution in [0.4, 0.5) is 15.8 Å². The van der Waals surface area contributed by atoms with E-state index < -0.39 is 11.8 Å². The molecule has 0 aromatic heterocycles. The Morgan fingerprint density at radius 3 is 2.84 bits per heavy atom. The Morgan fingerprint density at radius 1 is 1.58 bits per heavy atom. The third kappa shape index (κ3) is 4.31. The van der Waals surface area contributed by atoms with Crippen molar-refractivity contribution >= 4 is 29.1 Å². The van der Waals surface area contributed by atoms with E-state index in [1.807, 2.05) is 13.2 Å². The fraction of sp³-hybridized carbons (Fsp3) is 0.462. The Labute approximate surface area is 116 Å². The van der Waals surface area contributed by atoms with Crippen LogP contribution in [0.1, 0.15) is 24.2 Å². The number of hydrogen-bond acceptors (Lipinski definition) is 5. The third-order valence-corrected chi connectivity index (χ3v) is 3.59. The fourth-order valence-corrected chi connectivity index (χ4v) is 1.70. The maximum Gasteiger partial charge on any atom is 0.340 e. The van der Waals surface area contributed by atoms with E-state index in [4.69, 9.17) is 10.5 Å². The molecule has 0 saturated carbocycles. The molecule has 19 heavy (non-hydrogen) atoms. The number of benzene rings is 1. The molecule has 0 amide bonds.